The largest absolute Gasteiger partial charge is 0.374 e. The summed E-state index contributed by atoms with van der Waals surface area (Å²) in [5, 5.41) is 20.1. The van der Waals surface area contributed by atoms with Gasteiger partial charge in [-0.2, -0.15) is 0 Å². The average molecular weight is 343 g/mol. The third-order valence-electron chi connectivity index (χ3n) is 3.08. The lowest BCUT2D eigenvalue weighted by atomic mass is 10.3. The van der Waals surface area contributed by atoms with Gasteiger partial charge in [0.25, 0.3) is 0 Å². The van der Waals surface area contributed by atoms with Gasteiger partial charge >= 0.3 is 5.70 Å². The van der Waals surface area contributed by atoms with Gasteiger partial charge in [-0.3, -0.25) is 10.1 Å². The fourth-order valence-electron chi connectivity index (χ4n) is 1.96. The van der Waals surface area contributed by atoms with Crippen LogP contribution in [0.5, 0.6) is 0 Å². The minimum Gasteiger partial charge on any atom is -0.374 e. The van der Waals surface area contributed by atoms with Crippen molar-refractivity contribution in [2.45, 2.75) is 19.8 Å². The van der Waals surface area contributed by atoms with Crippen LogP contribution in [0.4, 0.5) is 11.4 Å². The van der Waals surface area contributed by atoms with Crippen LogP contribution in [-0.2, 0) is 0 Å². The Morgan fingerprint density at radius 2 is 1.86 bits per heavy atom. The van der Waals surface area contributed by atoms with Crippen LogP contribution in [0.2, 0.25) is 0 Å². The highest BCUT2D eigenvalue weighted by molar-refractivity contribution is 6.40. The third-order valence-corrected chi connectivity index (χ3v) is 3.86. The predicted molar refractivity (Wildman–Crippen MR) is 89.4 cm³/mol. The molecule has 22 heavy (non-hydrogen) atoms. The second-order valence-corrected chi connectivity index (χ2v) is 5.44. The molecule has 0 fully saturated rings. The maximum absolute atomic E-state index is 11.4. The van der Waals surface area contributed by atoms with Gasteiger partial charge in [0.15, 0.2) is 10.9 Å². The zero-order valence-corrected chi connectivity index (χ0v) is 13.5. The Morgan fingerprint density at radius 1 is 1.27 bits per heavy atom. The van der Waals surface area contributed by atoms with E-state index >= 15 is 0 Å². The zero-order chi connectivity index (χ0) is 16.1. The summed E-state index contributed by atoms with van der Waals surface area (Å²) in [6, 6.07) is 7.29. The molecule has 118 valence electrons. The monoisotopic (exact) mass is 342 g/mol. The van der Waals surface area contributed by atoms with Gasteiger partial charge in [-0.05, 0) is 18.6 Å². The van der Waals surface area contributed by atoms with Gasteiger partial charge in [-0.15, -0.1) is 0 Å². The smallest absolute Gasteiger partial charge is 0.331 e. The van der Waals surface area contributed by atoms with Crippen LogP contribution in [0.25, 0.3) is 0 Å². The number of halogens is 2. The number of nitrogens with zero attached hydrogens (tertiary/aromatic N) is 1. The van der Waals surface area contributed by atoms with Crippen molar-refractivity contribution in [2.24, 2.45) is 0 Å². The summed E-state index contributed by atoms with van der Waals surface area (Å²) in [7, 11) is 0. The average Bonchev–Trinajstić information content (AvgIpc) is 2.90. The number of anilines is 2. The molecule has 3 N–H and O–H groups in total. The topological polar surface area (TPSA) is 79.2 Å². The summed E-state index contributed by atoms with van der Waals surface area (Å²) in [6.45, 7) is 2.64. The lowest BCUT2D eigenvalue weighted by Crippen LogP contribution is -2.17. The molecule has 1 aromatic rings. The highest BCUT2D eigenvalue weighted by Gasteiger charge is 2.29. The van der Waals surface area contributed by atoms with Crippen LogP contribution in [0.3, 0.4) is 0 Å². The Balaban J connectivity index is 2.30. The number of nitro groups is 1. The molecule has 2 rings (SSSR count). The van der Waals surface area contributed by atoms with Crippen molar-refractivity contribution in [3.05, 3.63) is 56.1 Å². The molecule has 0 saturated carbocycles. The van der Waals surface area contributed by atoms with Crippen molar-refractivity contribution >= 4 is 34.6 Å². The van der Waals surface area contributed by atoms with Crippen molar-refractivity contribution < 1.29 is 4.92 Å². The van der Waals surface area contributed by atoms with Gasteiger partial charge in [0.1, 0.15) is 5.16 Å². The first-order chi connectivity index (χ1) is 10.5. The van der Waals surface area contributed by atoms with Crippen LogP contribution in [0, 0.1) is 10.1 Å². The van der Waals surface area contributed by atoms with Crippen molar-refractivity contribution in [1.29, 1.82) is 0 Å². The zero-order valence-electron chi connectivity index (χ0n) is 12.0. The molecule has 0 aromatic heterocycles. The van der Waals surface area contributed by atoms with E-state index < -0.39 is 4.92 Å². The van der Waals surface area contributed by atoms with E-state index in [2.05, 4.69) is 16.0 Å². The molecular weight excluding hydrogens is 327 g/mol. The molecule has 0 radical (unpaired) electrons. The maximum Gasteiger partial charge on any atom is 0.331 e. The second kappa shape index (κ2) is 7.38. The number of hydrogen-bond donors (Lipinski definition) is 3. The summed E-state index contributed by atoms with van der Waals surface area (Å²) < 4.78 is 0. The van der Waals surface area contributed by atoms with E-state index in [0.717, 1.165) is 24.2 Å². The van der Waals surface area contributed by atoms with E-state index in [-0.39, 0.29) is 21.7 Å². The van der Waals surface area contributed by atoms with Gasteiger partial charge < -0.3 is 16.0 Å². The highest BCUT2D eigenvalue weighted by atomic mass is 35.5. The van der Waals surface area contributed by atoms with E-state index in [1.165, 1.54) is 0 Å². The number of rotatable bonds is 6. The van der Waals surface area contributed by atoms with Crippen molar-refractivity contribution in [2.75, 3.05) is 17.2 Å². The van der Waals surface area contributed by atoms with Crippen molar-refractivity contribution in [3.8, 4) is 0 Å². The summed E-state index contributed by atoms with van der Waals surface area (Å²) in [5.74, 6) is 0.201. The Labute approximate surface area is 138 Å². The number of allylic oxidation sites excluding steroid dienone is 1. The quantitative estimate of drug-likeness (QED) is 0.315. The summed E-state index contributed by atoms with van der Waals surface area (Å²) in [4.78, 5) is 10.8. The Morgan fingerprint density at radius 3 is 2.36 bits per heavy atom. The first-order valence-corrected chi connectivity index (χ1v) is 7.61. The first-order valence-electron chi connectivity index (χ1n) is 6.85. The lowest BCUT2D eigenvalue weighted by molar-refractivity contribution is -0.420. The van der Waals surface area contributed by atoms with E-state index in [0.29, 0.717) is 6.54 Å². The van der Waals surface area contributed by atoms with E-state index in [4.69, 9.17) is 23.2 Å². The summed E-state index contributed by atoms with van der Waals surface area (Å²) in [5.41, 5.74) is 1.19. The molecule has 1 aliphatic rings. The number of benzene rings is 1. The SMILES string of the molecule is CCCCN/C(Cl)=C(/Cl)C(=C1Nc2ccccc2N1)[N+](=O)[O-]. The van der Waals surface area contributed by atoms with Crippen LogP contribution >= 0.6 is 23.2 Å². The number of para-hydroxylation sites is 2. The fourth-order valence-corrected chi connectivity index (χ4v) is 2.37. The number of fused-ring (bicyclic) bond motifs is 1. The van der Waals surface area contributed by atoms with Gasteiger partial charge in [-0.25, -0.2) is 0 Å². The van der Waals surface area contributed by atoms with Crippen LogP contribution in [0.1, 0.15) is 19.8 Å². The Bertz CT molecular complexity index is 616. The molecule has 0 saturated heterocycles. The van der Waals surface area contributed by atoms with E-state index in [9.17, 15) is 10.1 Å². The van der Waals surface area contributed by atoms with Gasteiger partial charge in [0.05, 0.1) is 16.3 Å². The normalized spacial score (nSPS) is 13.7. The molecule has 0 spiro atoms. The Hall–Kier alpha value is -1.92. The maximum atomic E-state index is 11.4. The molecule has 1 aromatic carbocycles. The Kier molecular flexibility index (Phi) is 5.51. The number of hydrogen-bond acceptors (Lipinski definition) is 5. The molecule has 6 nitrogen and oxygen atoms in total. The molecule has 0 bridgehead atoms. The fraction of sp³-hybridized carbons (Fsp3) is 0.286. The summed E-state index contributed by atoms with van der Waals surface area (Å²) >= 11 is 12.1. The molecule has 0 atom stereocenters. The van der Waals surface area contributed by atoms with Crippen LogP contribution in [0.15, 0.2) is 46.0 Å². The molecule has 0 unspecified atom stereocenters. The number of nitrogens with one attached hydrogen (secondary N) is 3. The summed E-state index contributed by atoms with van der Waals surface area (Å²) in [6.07, 6.45) is 1.88. The lowest BCUT2D eigenvalue weighted by Gasteiger charge is -2.07. The highest BCUT2D eigenvalue weighted by Crippen LogP contribution is 2.34. The van der Waals surface area contributed by atoms with Crippen molar-refractivity contribution in [3.63, 3.8) is 0 Å². The minimum absolute atomic E-state index is 0.0638. The number of unbranched alkanes of at least 4 members (excludes halogenated alkanes) is 1. The molecule has 0 aliphatic carbocycles. The van der Waals surface area contributed by atoms with Gasteiger partial charge in [-0.1, -0.05) is 48.7 Å². The van der Waals surface area contributed by atoms with E-state index in [1.54, 1.807) is 0 Å². The van der Waals surface area contributed by atoms with Gasteiger partial charge in [0.2, 0.25) is 0 Å². The van der Waals surface area contributed by atoms with Gasteiger partial charge in [0, 0.05) is 6.54 Å². The first kappa shape index (κ1) is 16.5. The molecule has 0 amide bonds. The molecule has 1 aliphatic heterocycles. The standard InChI is InChI=1S/C14H16Cl2N4O2/c1-2-3-8-17-13(16)11(15)12(20(21)22)14-18-9-6-4-5-7-10(9)19-14/h4-7,17-19H,2-3,8H2,1H3/b13-11+. The van der Waals surface area contributed by atoms with Crippen LogP contribution in [-0.4, -0.2) is 11.5 Å². The molecule has 1 heterocycles. The van der Waals surface area contributed by atoms with E-state index in [1.807, 2.05) is 31.2 Å². The minimum atomic E-state index is -0.562. The molecular formula is C14H16Cl2N4O2. The third kappa shape index (κ3) is 3.64. The van der Waals surface area contributed by atoms with Crippen LogP contribution < -0.4 is 16.0 Å². The second-order valence-electron chi connectivity index (χ2n) is 4.68. The molecule has 8 heteroatoms. The van der Waals surface area contributed by atoms with Crippen molar-refractivity contribution in [1.82, 2.24) is 5.32 Å². The predicted octanol–water partition coefficient (Wildman–Crippen LogP) is 4.01.